The summed E-state index contributed by atoms with van der Waals surface area (Å²) in [5.74, 6) is 0.392. The average molecular weight is 329 g/mol. The highest BCUT2D eigenvalue weighted by molar-refractivity contribution is 9.10. The Balaban J connectivity index is 1.89. The van der Waals surface area contributed by atoms with Gasteiger partial charge in [-0.05, 0) is 34.5 Å². The second-order valence-electron chi connectivity index (χ2n) is 4.53. The van der Waals surface area contributed by atoms with Gasteiger partial charge < -0.3 is 14.2 Å². The van der Waals surface area contributed by atoms with E-state index in [2.05, 4.69) is 15.9 Å². The minimum atomic E-state index is -0.117. The molecule has 1 fully saturated rings. The number of carbonyl (C=O) groups is 2. The van der Waals surface area contributed by atoms with Crippen LogP contribution in [0.4, 0.5) is 0 Å². The van der Waals surface area contributed by atoms with E-state index in [0.717, 1.165) is 6.42 Å². The van der Waals surface area contributed by atoms with E-state index in [-0.39, 0.29) is 11.8 Å². The number of furan rings is 1. The SMILES string of the molecule is CCCC(=O)N1CCN(C(=O)c2ccc(Br)o2)CC1. The molecule has 0 spiro atoms. The van der Waals surface area contributed by atoms with E-state index in [1.807, 2.05) is 11.8 Å². The highest BCUT2D eigenvalue weighted by Gasteiger charge is 2.25. The van der Waals surface area contributed by atoms with Crippen LogP contribution in [0.3, 0.4) is 0 Å². The Kier molecular flexibility index (Phi) is 4.63. The van der Waals surface area contributed by atoms with E-state index in [0.29, 0.717) is 43.0 Å². The first-order valence-corrected chi connectivity index (χ1v) is 7.23. The third kappa shape index (κ3) is 3.37. The molecule has 0 atom stereocenters. The second kappa shape index (κ2) is 6.23. The normalized spacial score (nSPS) is 15.7. The number of amides is 2. The first kappa shape index (κ1) is 14.1. The molecule has 1 aromatic rings. The summed E-state index contributed by atoms with van der Waals surface area (Å²) in [5, 5.41) is 0. The summed E-state index contributed by atoms with van der Waals surface area (Å²) in [6.45, 7) is 4.32. The molecule has 0 aliphatic carbocycles. The van der Waals surface area contributed by atoms with Crippen LogP contribution >= 0.6 is 15.9 Å². The first-order valence-electron chi connectivity index (χ1n) is 6.44. The van der Waals surface area contributed by atoms with Crippen LogP contribution < -0.4 is 0 Å². The minimum Gasteiger partial charge on any atom is -0.444 e. The second-order valence-corrected chi connectivity index (χ2v) is 5.31. The molecule has 5 nitrogen and oxygen atoms in total. The lowest BCUT2D eigenvalue weighted by Gasteiger charge is -2.34. The molecule has 0 unspecified atom stereocenters. The van der Waals surface area contributed by atoms with Crippen molar-refractivity contribution < 1.29 is 14.0 Å². The molecular weight excluding hydrogens is 312 g/mol. The van der Waals surface area contributed by atoms with Gasteiger partial charge in [-0.3, -0.25) is 9.59 Å². The Hall–Kier alpha value is -1.30. The zero-order chi connectivity index (χ0) is 13.8. The summed E-state index contributed by atoms with van der Waals surface area (Å²) in [6.07, 6.45) is 1.44. The van der Waals surface area contributed by atoms with E-state index in [4.69, 9.17) is 4.42 Å². The lowest BCUT2D eigenvalue weighted by atomic mass is 10.2. The van der Waals surface area contributed by atoms with Gasteiger partial charge in [-0.2, -0.15) is 0 Å². The maximum atomic E-state index is 12.1. The molecule has 1 aliphatic rings. The number of rotatable bonds is 3. The molecule has 0 radical (unpaired) electrons. The minimum absolute atomic E-state index is 0.117. The van der Waals surface area contributed by atoms with Gasteiger partial charge in [0.15, 0.2) is 10.4 Å². The summed E-state index contributed by atoms with van der Waals surface area (Å²) in [5.41, 5.74) is 0. The fourth-order valence-electron chi connectivity index (χ4n) is 2.12. The van der Waals surface area contributed by atoms with Crippen molar-refractivity contribution in [1.29, 1.82) is 0 Å². The Morgan fingerprint density at radius 3 is 2.37 bits per heavy atom. The zero-order valence-corrected chi connectivity index (χ0v) is 12.5. The summed E-state index contributed by atoms with van der Waals surface area (Å²) < 4.78 is 5.80. The Labute approximate surface area is 120 Å². The van der Waals surface area contributed by atoms with Gasteiger partial charge in [-0.1, -0.05) is 6.92 Å². The highest BCUT2D eigenvalue weighted by Crippen LogP contribution is 2.17. The van der Waals surface area contributed by atoms with Gasteiger partial charge in [-0.25, -0.2) is 0 Å². The molecular formula is C13H17BrN2O3. The van der Waals surface area contributed by atoms with Crippen molar-refractivity contribution in [2.24, 2.45) is 0 Å². The molecule has 19 heavy (non-hydrogen) atoms. The third-order valence-electron chi connectivity index (χ3n) is 3.17. The maximum absolute atomic E-state index is 12.1. The maximum Gasteiger partial charge on any atom is 0.289 e. The molecule has 1 saturated heterocycles. The number of nitrogens with zero attached hydrogens (tertiary/aromatic N) is 2. The molecule has 0 N–H and O–H groups in total. The fourth-order valence-corrected chi connectivity index (χ4v) is 2.42. The van der Waals surface area contributed by atoms with E-state index < -0.39 is 0 Å². The number of carbonyl (C=O) groups excluding carboxylic acids is 2. The number of piperazine rings is 1. The smallest absolute Gasteiger partial charge is 0.289 e. The van der Waals surface area contributed by atoms with Crippen LogP contribution in [0.25, 0.3) is 0 Å². The molecule has 0 saturated carbocycles. The molecule has 0 aromatic carbocycles. The zero-order valence-electron chi connectivity index (χ0n) is 10.9. The molecule has 1 aliphatic heterocycles. The van der Waals surface area contributed by atoms with Crippen molar-refractivity contribution >= 4 is 27.7 Å². The van der Waals surface area contributed by atoms with Crippen LogP contribution in [0.15, 0.2) is 21.2 Å². The number of hydrogen-bond acceptors (Lipinski definition) is 3. The number of halogens is 1. The van der Waals surface area contributed by atoms with Crippen LogP contribution in [0.1, 0.15) is 30.3 Å². The fraction of sp³-hybridized carbons (Fsp3) is 0.538. The van der Waals surface area contributed by atoms with Crippen molar-refractivity contribution in [3.63, 3.8) is 0 Å². The van der Waals surface area contributed by atoms with Crippen molar-refractivity contribution in [2.75, 3.05) is 26.2 Å². The van der Waals surface area contributed by atoms with Crippen molar-refractivity contribution in [3.05, 3.63) is 22.6 Å². The molecule has 1 aromatic heterocycles. The number of hydrogen-bond donors (Lipinski definition) is 0. The predicted molar refractivity (Wildman–Crippen MR) is 73.8 cm³/mol. The topological polar surface area (TPSA) is 53.8 Å². The lowest BCUT2D eigenvalue weighted by Crippen LogP contribution is -2.50. The highest BCUT2D eigenvalue weighted by atomic mass is 79.9. The largest absolute Gasteiger partial charge is 0.444 e. The van der Waals surface area contributed by atoms with Gasteiger partial charge in [0.25, 0.3) is 5.91 Å². The van der Waals surface area contributed by atoms with Crippen LogP contribution in [-0.2, 0) is 4.79 Å². The van der Waals surface area contributed by atoms with Gasteiger partial charge in [0, 0.05) is 32.6 Å². The first-order chi connectivity index (χ1) is 9.11. The summed E-state index contributed by atoms with van der Waals surface area (Å²) >= 11 is 3.18. The quantitative estimate of drug-likeness (QED) is 0.854. The Morgan fingerprint density at radius 2 is 1.84 bits per heavy atom. The summed E-state index contributed by atoms with van der Waals surface area (Å²) in [6, 6.07) is 3.36. The van der Waals surface area contributed by atoms with Crippen molar-refractivity contribution in [3.8, 4) is 0 Å². The molecule has 2 rings (SSSR count). The molecule has 6 heteroatoms. The van der Waals surface area contributed by atoms with E-state index in [1.54, 1.807) is 17.0 Å². The van der Waals surface area contributed by atoms with Crippen molar-refractivity contribution in [1.82, 2.24) is 9.80 Å². The van der Waals surface area contributed by atoms with E-state index >= 15 is 0 Å². The molecule has 104 valence electrons. The van der Waals surface area contributed by atoms with E-state index in [9.17, 15) is 9.59 Å². The standard InChI is InChI=1S/C13H17BrN2O3/c1-2-3-12(17)15-6-8-16(9-7-15)13(18)10-4-5-11(14)19-10/h4-5H,2-3,6-9H2,1H3. The predicted octanol–water partition coefficient (Wildman–Crippen LogP) is 2.13. The Bertz CT molecular complexity index is 464. The van der Waals surface area contributed by atoms with Crippen molar-refractivity contribution in [2.45, 2.75) is 19.8 Å². The van der Waals surface area contributed by atoms with Gasteiger partial charge >= 0.3 is 0 Å². The van der Waals surface area contributed by atoms with Gasteiger partial charge in [-0.15, -0.1) is 0 Å². The van der Waals surface area contributed by atoms with Crippen LogP contribution in [0, 0.1) is 0 Å². The summed E-state index contributed by atoms with van der Waals surface area (Å²) in [7, 11) is 0. The molecule has 2 heterocycles. The Morgan fingerprint density at radius 1 is 1.21 bits per heavy atom. The molecule has 0 bridgehead atoms. The lowest BCUT2D eigenvalue weighted by molar-refractivity contribution is -0.132. The van der Waals surface area contributed by atoms with Crippen LogP contribution in [-0.4, -0.2) is 47.8 Å². The van der Waals surface area contributed by atoms with Gasteiger partial charge in [0.05, 0.1) is 0 Å². The third-order valence-corrected chi connectivity index (χ3v) is 3.59. The molecule has 2 amide bonds. The van der Waals surface area contributed by atoms with Crippen LogP contribution in [0.5, 0.6) is 0 Å². The van der Waals surface area contributed by atoms with Gasteiger partial charge in [0.2, 0.25) is 5.91 Å². The van der Waals surface area contributed by atoms with Crippen LogP contribution in [0.2, 0.25) is 0 Å². The average Bonchev–Trinajstić information content (AvgIpc) is 2.85. The van der Waals surface area contributed by atoms with E-state index in [1.165, 1.54) is 0 Å². The summed E-state index contributed by atoms with van der Waals surface area (Å²) in [4.78, 5) is 27.4. The van der Waals surface area contributed by atoms with Gasteiger partial charge in [0.1, 0.15) is 0 Å². The monoisotopic (exact) mass is 328 g/mol.